The van der Waals surface area contributed by atoms with Crippen molar-refractivity contribution in [3.8, 4) is 5.75 Å². The topological polar surface area (TPSA) is 137 Å². The Bertz CT molecular complexity index is 1590. The molecule has 4 rings (SSSR count). The molecule has 4 amide bonds. The lowest BCUT2D eigenvalue weighted by molar-refractivity contribution is -0.137. The van der Waals surface area contributed by atoms with E-state index in [0.29, 0.717) is 38.9 Å². The van der Waals surface area contributed by atoms with Gasteiger partial charge >= 0.3 is 12.0 Å². The van der Waals surface area contributed by atoms with Gasteiger partial charge in [-0.05, 0) is 59.8 Å². The zero-order valence-electron chi connectivity index (χ0n) is 23.2. The van der Waals surface area contributed by atoms with Crippen LogP contribution >= 0.6 is 11.3 Å². The predicted molar refractivity (Wildman–Crippen MR) is 163 cm³/mol. The number of carbonyl (C=O) groups excluding carboxylic acids is 3. The number of hydrogen-bond donors (Lipinski definition) is 4. The summed E-state index contributed by atoms with van der Waals surface area (Å²) in [5.41, 5.74) is 3.58. The van der Waals surface area contributed by atoms with Crippen molar-refractivity contribution in [1.29, 1.82) is 0 Å². The number of carbonyl (C=O) groups is 4. The lowest BCUT2D eigenvalue weighted by Gasteiger charge is -2.24. The van der Waals surface area contributed by atoms with Gasteiger partial charge in [-0.15, -0.1) is 11.3 Å². The molecule has 0 aliphatic rings. The van der Waals surface area contributed by atoms with Crippen molar-refractivity contribution >= 4 is 57.9 Å². The molecule has 0 saturated heterocycles. The van der Waals surface area contributed by atoms with Crippen LogP contribution in [0, 0.1) is 6.92 Å². The van der Waals surface area contributed by atoms with Gasteiger partial charge in [-0.25, -0.2) is 4.79 Å². The molecule has 0 fully saturated rings. The second-order valence-corrected chi connectivity index (χ2v) is 10.3. The van der Waals surface area contributed by atoms with Crippen molar-refractivity contribution in [1.82, 2.24) is 5.32 Å². The summed E-state index contributed by atoms with van der Waals surface area (Å²) < 4.78 is 5.51. The first-order valence-corrected chi connectivity index (χ1v) is 13.8. The third-order valence-corrected chi connectivity index (χ3v) is 7.25. The maximum atomic E-state index is 12.8. The number of para-hydroxylation sites is 1. The van der Waals surface area contributed by atoms with Gasteiger partial charge in [-0.2, -0.15) is 0 Å². The number of hydrogen-bond acceptors (Lipinski definition) is 6. The van der Waals surface area contributed by atoms with Gasteiger partial charge in [0.2, 0.25) is 5.91 Å². The quantitative estimate of drug-likeness (QED) is 0.171. The molecule has 0 radical (unpaired) electrons. The van der Waals surface area contributed by atoms with Crippen LogP contribution in [0.3, 0.4) is 0 Å². The summed E-state index contributed by atoms with van der Waals surface area (Å²) in [5.74, 6) is -1.36. The fraction of sp³-hybridized carbons (Fsp3) is 0.161. The molecule has 0 bridgehead atoms. The fourth-order valence-corrected chi connectivity index (χ4v) is 4.97. The van der Waals surface area contributed by atoms with E-state index >= 15 is 0 Å². The summed E-state index contributed by atoms with van der Waals surface area (Å²) in [7, 11) is 1.46. The fourth-order valence-electron chi connectivity index (χ4n) is 4.34. The lowest BCUT2D eigenvalue weighted by Crippen LogP contribution is -2.29. The second-order valence-electron chi connectivity index (χ2n) is 9.33. The van der Waals surface area contributed by atoms with Crippen LogP contribution in [-0.2, 0) is 9.59 Å². The van der Waals surface area contributed by atoms with E-state index in [0.717, 1.165) is 5.56 Å². The monoisotopic (exact) mass is 586 g/mol. The second kappa shape index (κ2) is 13.5. The number of carboxylic acid groups (broad SMARTS) is 1. The predicted octanol–water partition coefficient (Wildman–Crippen LogP) is 6.34. The summed E-state index contributed by atoms with van der Waals surface area (Å²) in [6.07, 6.45) is -0.310. The Morgan fingerprint density at radius 1 is 0.905 bits per heavy atom. The number of methoxy groups -OCH3 is 1. The number of anilines is 4. The molecule has 1 heterocycles. The SMILES string of the molecule is COc1cc(N(C(C)=O)c2ccc([C@@H](CC(=O)O)NC(=O)c3cccs3)cc2)ccc1NC(=O)Nc1ccccc1C. The van der Waals surface area contributed by atoms with E-state index in [1.807, 2.05) is 25.1 Å². The van der Waals surface area contributed by atoms with Crippen molar-refractivity contribution in [3.63, 3.8) is 0 Å². The Hall–Kier alpha value is -5.16. The number of aliphatic carboxylic acids is 1. The van der Waals surface area contributed by atoms with Crippen LogP contribution in [-0.4, -0.2) is 36.0 Å². The van der Waals surface area contributed by atoms with Crippen LogP contribution < -0.4 is 25.6 Å². The van der Waals surface area contributed by atoms with Gasteiger partial charge in [0.25, 0.3) is 5.91 Å². The minimum absolute atomic E-state index is 0.282. The molecule has 0 saturated carbocycles. The number of amides is 4. The molecule has 216 valence electrons. The van der Waals surface area contributed by atoms with Crippen LogP contribution in [0.25, 0.3) is 0 Å². The van der Waals surface area contributed by atoms with Gasteiger partial charge in [0.15, 0.2) is 0 Å². The maximum Gasteiger partial charge on any atom is 0.323 e. The van der Waals surface area contributed by atoms with Crippen LogP contribution in [0.5, 0.6) is 5.75 Å². The lowest BCUT2D eigenvalue weighted by atomic mass is 10.0. The Balaban J connectivity index is 1.54. The van der Waals surface area contributed by atoms with E-state index in [4.69, 9.17) is 4.74 Å². The van der Waals surface area contributed by atoms with Crippen molar-refractivity contribution in [3.05, 3.63) is 100 Å². The first-order valence-electron chi connectivity index (χ1n) is 12.9. The van der Waals surface area contributed by atoms with Gasteiger partial charge in [0, 0.05) is 24.4 Å². The molecule has 1 atom stereocenters. The molecular weight excluding hydrogens is 556 g/mol. The Kier molecular flexibility index (Phi) is 9.56. The van der Waals surface area contributed by atoms with Gasteiger partial charge in [-0.1, -0.05) is 36.4 Å². The highest BCUT2D eigenvalue weighted by Gasteiger charge is 2.22. The third kappa shape index (κ3) is 7.32. The van der Waals surface area contributed by atoms with E-state index in [1.165, 1.54) is 30.3 Å². The molecule has 10 nitrogen and oxygen atoms in total. The molecule has 0 unspecified atom stereocenters. The van der Waals surface area contributed by atoms with Gasteiger partial charge in [-0.3, -0.25) is 19.3 Å². The largest absolute Gasteiger partial charge is 0.494 e. The highest BCUT2D eigenvalue weighted by molar-refractivity contribution is 7.12. The highest BCUT2D eigenvalue weighted by Crippen LogP contribution is 2.34. The summed E-state index contributed by atoms with van der Waals surface area (Å²) >= 11 is 1.26. The van der Waals surface area contributed by atoms with Crippen molar-refractivity contribution in [2.45, 2.75) is 26.3 Å². The summed E-state index contributed by atoms with van der Waals surface area (Å²) in [6.45, 7) is 3.30. The van der Waals surface area contributed by atoms with E-state index in [1.54, 1.807) is 66.0 Å². The van der Waals surface area contributed by atoms with Crippen LogP contribution in [0.1, 0.15) is 40.2 Å². The van der Waals surface area contributed by atoms with Gasteiger partial charge < -0.3 is 25.8 Å². The molecule has 3 aromatic carbocycles. The summed E-state index contributed by atoms with van der Waals surface area (Å²) in [4.78, 5) is 51.4. The van der Waals surface area contributed by atoms with Crippen LogP contribution in [0.15, 0.2) is 84.2 Å². The van der Waals surface area contributed by atoms with E-state index < -0.39 is 18.0 Å². The molecule has 4 N–H and O–H groups in total. The van der Waals surface area contributed by atoms with Crippen LogP contribution in [0.4, 0.5) is 27.5 Å². The number of urea groups is 1. The van der Waals surface area contributed by atoms with Crippen LogP contribution in [0.2, 0.25) is 0 Å². The normalized spacial score (nSPS) is 11.2. The van der Waals surface area contributed by atoms with Crippen molar-refractivity contribution < 1.29 is 29.0 Å². The van der Waals surface area contributed by atoms with E-state index in [9.17, 15) is 24.3 Å². The van der Waals surface area contributed by atoms with Crippen molar-refractivity contribution in [2.24, 2.45) is 0 Å². The molecular formula is C31H30N4O6S. The average molecular weight is 587 g/mol. The maximum absolute atomic E-state index is 12.8. The number of nitrogens with zero attached hydrogens (tertiary/aromatic N) is 1. The summed E-state index contributed by atoms with van der Waals surface area (Å²) in [6, 6.07) is 21.2. The number of thiophene rings is 1. The minimum Gasteiger partial charge on any atom is -0.494 e. The smallest absolute Gasteiger partial charge is 0.323 e. The zero-order chi connectivity index (χ0) is 30.2. The number of benzene rings is 3. The third-order valence-electron chi connectivity index (χ3n) is 6.38. The molecule has 0 spiro atoms. The number of nitrogens with one attached hydrogen (secondary N) is 3. The van der Waals surface area contributed by atoms with Gasteiger partial charge in [0.1, 0.15) is 5.75 Å². The van der Waals surface area contributed by atoms with Crippen molar-refractivity contribution in [2.75, 3.05) is 22.6 Å². The summed E-state index contributed by atoms with van der Waals surface area (Å²) in [5, 5.41) is 19.5. The zero-order valence-corrected chi connectivity index (χ0v) is 24.0. The van der Waals surface area contributed by atoms with Gasteiger partial charge in [0.05, 0.1) is 35.8 Å². The number of carboxylic acids is 1. The average Bonchev–Trinajstić information content (AvgIpc) is 3.50. The number of ether oxygens (including phenoxy) is 1. The molecule has 42 heavy (non-hydrogen) atoms. The minimum atomic E-state index is -1.06. The van der Waals surface area contributed by atoms with E-state index in [-0.39, 0.29) is 18.2 Å². The molecule has 4 aromatic rings. The highest BCUT2D eigenvalue weighted by atomic mass is 32.1. The standard InChI is InChI=1S/C31H30N4O6S/c1-19-7-4-5-8-24(19)33-31(40)34-25-15-14-23(17-27(25)41-3)35(20(2)36)22-12-10-21(11-13-22)26(18-29(37)38)32-30(39)28-9-6-16-42-28/h4-17,26H,18H2,1-3H3,(H,32,39)(H,37,38)(H2,33,34,40)/t26-/m1/s1. The molecule has 0 aliphatic heterocycles. The first kappa shape index (κ1) is 29.8. The Morgan fingerprint density at radius 2 is 1.60 bits per heavy atom. The number of rotatable bonds is 10. The molecule has 1 aromatic heterocycles. The Labute approximate surface area is 246 Å². The van der Waals surface area contributed by atoms with E-state index in [2.05, 4.69) is 16.0 Å². The molecule has 11 heteroatoms. The molecule has 0 aliphatic carbocycles. The Morgan fingerprint density at radius 3 is 2.21 bits per heavy atom. The first-order chi connectivity index (χ1) is 20.2. The number of aryl methyl sites for hydroxylation is 1.